The maximum Gasteiger partial charge on any atom is 0.0725 e. The zero-order chi connectivity index (χ0) is 12.3. The van der Waals surface area contributed by atoms with Crippen LogP contribution in [0.15, 0.2) is 0 Å². The van der Waals surface area contributed by atoms with Crippen LogP contribution in [-0.2, 0) is 4.74 Å². The molecule has 4 unspecified atom stereocenters. The van der Waals surface area contributed by atoms with Gasteiger partial charge < -0.3 is 10.1 Å². The summed E-state index contributed by atoms with van der Waals surface area (Å²) in [7, 11) is 0. The molecular weight excluding hydrogens is 210 g/mol. The SMILES string of the molecule is CCCNC1CCOC2(CCCC(C)C2C)C1. The van der Waals surface area contributed by atoms with E-state index in [1.54, 1.807) is 0 Å². The Morgan fingerprint density at radius 1 is 1.29 bits per heavy atom. The first kappa shape index (κ1) is 13.4. The van der Waals surface area contributed by atoms with Crippen LogP contribution < -0.4 is 5.32 Å². The van der Waals surface area contributed by atoms with Crippen LogP contribution in [0, 0.1) is 11.8 Å². The Bertz CT molecular complexity index is 239. The molecule has 1 heterocycles. The molecule has 1 aliphatic heterocycles. The average molecular weight is 239 g/mol. The van der Waals surface area contributed by atoms with Crippen molar-refractivity contribution in [3.05, 3.63) is 0 Å². The molecule has 0 aromatic rings. The molecule has 1 N–H and O–H groups in total. The highest BCUT2D eigenvalue weighted by molar-refractivity contribution is 4.97. The Hall–Kier alpha value is -0.0800. The topological polar surface area (TPSA) is 21.3 Å². The minimum Gasteiger partial charge on any atom is -0.375 e. The molecule has 2 heteroatoms. The van der Waals surface area contributed by atoms with E-state index < -0.39 is 0 Å². The van der Waals surface area contributed by atoms with Gasteiger partial charge in [0, 0.05) is 12.6 Å². The van der Waals surface area contributed by atoms with Crippen LogP contribution in [-0.4, -0.2) is 24.8 Å². The molecule has 1 saturated heterocycles. The highest BCUT2D eigenvalue weighted by Gasteiger charge is 2.45. The Morgan fingerprint density at radius 2 is 2.12 bits per heavy atom. The fourth-order valence-electron chi connectivity index (χ4n) is 3.72. The van der Waals surface area contributed by atoms with Crippen LogP contribution in [0.4, 0.5) is 0 Å². The van der Waals surface area contributed by atoms with E-state index in [-0.39, 0.29) is 5.60 Å². The van der Waals surface area contributed by atoms with E-state index in [4.69, 9.17) is 4.74 Å². The molecule has 17 heavy (non-hydrogen) atoms. The lowest BCUT2D eigenvalue weighted by molar-refractivity contribution is -0.151. The van der Waals surface area contributed by atoms with E-state index in [0.717, 1.165) is 25.0 Å². The van der Waals surface area contributed by atoms with Crippen molar-refractivity contribution in [2.24, 2.45) is 11.8 Å². The molecule has 2 rings (SSSR count). The fourth-order valence-corrected chi connectivity index (χ4v) is 3.72. The summed E-state index contributed by atoms with van der Waals surface area (Å²) in [4.78, 5) is 0. The summed E-state index contributed by atoms with van der Waals surface area (Å²) in [5.41, 5.74) is 0.196. The summed E-state index contributed by atoms with van der Waals surface area (Å²) in [6, 6.07) is 0.691. The van der Waals surface area contributed by atoms with Gasteiger partial charge in [-0.2, -0.15) is 0 Å². The lowest BCUT2D eigenvalue weighted by atomic mass is 9.67. The number of nitrogens with one attached hydrogen (secondary N) is 1. The standard InChI is InChI=1S/C15H29NO/c1-4-9-16-14-7-10-17-15(11-14)8-5-6-12(2)13(15)3/h12-14,16H,4-11H2,1-3H3. The van der Waals surface area contributed by atoms with Crippen LogP contribution in [0.1, 0.15) is 59.3 Å². The van der Waals surface area contributed by atoms with Gasteiger partial charge in [-0.3, -0.25) is 0 Å². The lowest BCUT2D eigenvalue weighted by Gasteiger charge is -2.50. The first-order valence-electron chi connectivity index (χ1n) is 7.55. The van der Waals surface area contributed by atoms with Crippen molar-refractivity contribution in [3.8, 4) is 0 Å². The number of hydrogen-bond acceptors (Lipinski definition) is 2. The highest BCUT2D eigenvalue weighted by atomic mass is 16.5. The van der Waals surface area contributed by atoms with Crippen LogP contribution in [0.25, 0.3) is 0 Å². The molecule has 4 atom stereocenters. The molecule has 1 spiro atoms. The molecule has 2 aliphatic rings. The molecule has 0 aromatic carbocycles. The maximum absolute atomic E-state index is 6.26. The second kappa shape index (κ2) is 5.71. The summed E-state index contributed by atoms with van der Waals surface area (Å²) < 4.78 is 6.26. The fraction of sp³-hybridized carbons (Fsp3) is 1.00. The molecule has 1 aliphatic carbocycles. The minimum absolute atomic E-state index is 0.196. The van der Waals surface area contributed by atoms with Gasteiger partial charge in [0.05, 0.1) is 5.60 Å². The smallest absolute Gasteiger partial charge is 0.0725 e. The predicted molar refractivity (Wildman–Crippen MR) is 72.2 cm³/mol. The quantitative estimate of drug-likeness (QED) is 0.815. The molecule has 0 amide bonds. The van der Waals surface area contributed by atoms with Gasteiger partial charge in [0.15, 0.2) is 0 Å². The normalized spacial score (nSPS) is 42.9. The van der Waals surface area contributed by atoms with Crippen LogP contribution in [0.5, 0.6) is 0 Å². The van der Waals surface area contributed by atoms with E-state index in [0.29, 0.717) is 6.04 Å². The van der Waals surface area contributed by atoms with Crippen molar-refractivity contribution in [3.63, 3.8) is 0 Å². The maximum atomic E-state index is 6.26. The number of hydrogen-bond donors (Lipinski definition) is 1. The summed E-state index contributed by atoms with van der Waals surface area (Å²) >= 11 is 0. The van der Waals surface area contributed by atoms with Crippen molar-refractivity contribution in [1.29, 1.82) is 0 Å². The van der Waals surface area contributed by atoms with E-state index in [1.807, 2.05) is 0 Å². The minimum atomic E-state index is 0.196. The van der Waals surface area contributed by atoms with E-state index in [9.17, 15) is 0 Å². The Kier molecular flexibility index (Phi) is 4.48. The third-order valence-electron chi connectivity index (χ3n) is 5.07. The van der Waals surface area contributed by atoms with Crippen molar-refractivity contribution < 1.29 is 4.74 Å². The van der Waals surface area contributed by atoms with E-state index >= 15 is 0 Å². The van der Waals surface area contributed by atoms with Gasteiger partial charge in [0.1, 0.15) is 0 Å². The second-order valence-electron chi connectivity index (χ2n) is 6.22. The summed E-state index contributed by atoms with van der Waals surface area (Å²) in [5, 5.41) is 3.70. The third-order valence-corrected chi connectivity index (χ3v) is 5.07. The third kappa shape index (κ3) is 2.85. The van der Waals surface area contributed by atoms with Crippen molar-refractivity contribution in [1.82, 2.24) is 5.32 Å². The number of ether oxygens (including phenoxy) is 1. The Balaban J connectivity index is 1.98. The second-order valence-corrected chi connectivity index (χ2v) is 6.22. The summed E-state index contributed by atoms with van der Waals surface area (Å²) in [6.45, 7) is 9.17. The zero-order valence-corrected chi connectivity index (χ0v) is 11.8. The predicted octanol–water partition coefficient (Wildman–Crippen LogP) is 3.36. The summed E-state index contributed by atoms with van der Waals surface area (Å²) in [5.74, 6) is 1.55. The number of rotatable bonds is 3. The summed E-state index contributed by atoms with van der Waals surface area (Å²) in [6.07, 6.45) is 7.69. The largest absolute Gasteiger partial charge is 0.375 e. The average Bonchev–Trinajstić information content (AvgIpc) is 2.34. The first-order valence-corrected chi connectivity index (χ1v) is 7.55. The molecular formula is C15H29NO. The van der Waals surface area contributed by atoms with Crippen molar-refractivity contribution in [2.75, 3.05) is 13.2 Å². The van der Waals surface area contributed by atoms with E-state index in [1.165, 1.54) is 38.5 Å². The van der Waals surface area contributed by atoms with Gasteiger partial charge in [0.25, 0.3) is 0 Å². The molecule has 2 nitrogen and oxygen atoms in total. The Morgan fingerprint density at radius 3 is 2.88 bits per heavy atom. The molecule has 0 radical (unpaired) electrons. The Labute approximate surface area is 107 Å². The van der Waals surface area contributed by atoms with Gasteiger partial charge >= 0.3 is 0 Å². The van der Waals surface area contributed by atoms with Crippen molar-refractivity contribution >= 4 is 0 Å². The van der Waals surface area contributed by atoms with Gasteiger partial charge in [-0.05, 0) is 44.1 Å². The van der Waals surface area contributed by atoms with Crippen LogP contribution >= 0.6 is 0 Å². The van der Waals surface area contributed by atoms with Crippen LogP contribution in [0.2, 0.25) is 0 Å². The van der Waals surface area contributed by atoms with Gasteiger partial charge in [-0.1, -0.05) is 33.6 Å². The molecule has 0 bridgehead atoms. The zero-order valence-electron chi connectivity index (χ0n) is 11.8. The van der Waals surface area contributed by atoms with Crippen molar-refractivity contribution in [2.45, 2.75) is 70.9 Å². The van der Waals surface area contributed by atoms with Gasteiger partial charge in [-0.25, -0.2) is 0 Å². The lowest BCUT2D eigenvalue weighted by Crippen LogP contribution is -2.53. The highest BCUT2D eigenvalue weighted by Crippen LogP contribution is 2.45. The molecule has 1 saturated carbocycles. The molecule has 0 aromatic heterocycles. The van der Waals surface area contributed by atoms with Gasteiger partial charge in [-0.15, -0.1) is 0 Å². The van der Waals surface area contributed by atoms with Gasteiger partial charge in [0.2, 0.25) is 0 Å². The molecule has 2 fully saturated rings. The van der Waals surface area contributed by atoms with E-state index in [2.05, 4.69) is 26.1 Å². The first-order chi connectivity index (χ1) is 8.18. The monoisotopic (exact) mass is 239 g/mol. The molecule has 100 valence electrons. The van der Waals surface area contributed by atoms with Crippen LogP contribution in [0.3, 0.4) is 0 Å².